The maximum absolute atomic E-state index is 12.4. The van der Waals surface area contributed by atoms with Crippen LogP contribution in [-0.2, 0) is 60.0 Å². The molecule has 0 aromatic heterocycles. The van der Waals surface area contributed by atoms with Crippen molar-refractivity contribution in [1.29, 1.82) is 0 Å². The Morgan fingerprint density at radius 2 is 0.987 bits per heavy atom. The number of sulfonamides is 1. The fourth-order valence-electron chi connectivity index (χ4n) is 8.76. The van der Waals surface area contributed by atoms with Gasteiger partial charge in [0, 0.05) is 68.9 Å². The lowest BCUT2D eigenvalue weighted by Gasteiger charge is -2.32. The fraction of sp³-hybridized carbons (Fsp3) is 0.355. The molecule has 0 saturated heterocycles. The smallest absolute Gasteiger partial charge is 0.410 e. The summed E-state index contributed by atoms with van der Waals surface area (Å²) in [5, 5.41) is 17.3. The van der Waals surface area contributed by atoms with Crippen LogP contribution < -0.4 is 36.6 Å². The molecule has 6 aromatic rings. The predicted molar refractivity (Wildman–Crippen MR) is 316 cm³/mol. The first-order valence-corrected chi connectivity index (χ1v) is 28.5. The minimum atomic E-state index is -3.21. The van der Waals surface area contributed by atoms with Crippen molar-refractivity contribution >= 4 is 51.3 Å². The average Bonchev–Trinajstić information content (AvgIpc) is 3.46. The Morgan fingerprint density at radius 3 is 1.43 bits per heavy atom. The topological polar surface area (TPSA) is 200 Å². The summed E-state index contributed by atoms with van der Waals surface area (Å²) >= 11 is 0. The molecule has 0 fully saturated rings. The van der Waals surface area contributed by atoms with Crippen molar-refractivity contribution in [3.63, 3.8) is 0 Å². The number of rotatable bonds is 15. The molecule has 7 amide bonds. The highest BCUT2D eigenvalue weighted by atomic mass is 32.2. The second-order valence-electron chi connectivity index (χ2n) is 20.6. The molecule has 0 atom stereocenters. The number of anilines is 3. The molecule has 2 heterocycles. The molecule has 420 valence electrons. The molecule has 8 rings (SSSR count). The Balaban J connectivity index is 0.000000194. The van der Waals surface area contributed by atoms with Crippen LogP contribution in [0.4, 0.5) is 36.2 Å². The Bertz CT molecular complexity index is 3090. The highest BCUT2D eigenvalue weighted by molar-refractivity contribution is 7.89. The summed E-state index contributed by atoms with van der Waals surface area (Å²) in [6, 6.07) is 42.9. The first-order valence-electron chi connectivity index (χ1n) is 26.9. The molecule has 0 spiro atoms. The van der Waals surface area contributed by atoms with Gasteiger partial charge in [-0.1, -0.05) is 120 Å². The Hall–Kier alpha value is -7.89. The molecule has 0 saturated carbocycles. The summed E-state index contributed by atoms with van der Waals surface area (Å²) in [5.74, 6) is 0.816. The zero-order valence-corrected chi connectivity index (χ0v) is 47.8. The lowest BCUT2D eigenvalue weighted by Crippen LogP contribution is -2.40. The Kier molecular flexibility index (Phi) is 22.3. The number of urea groups is 3. The first kappa shape index (κ1) is 60.3. The zero-order chi connectivity index (χ0) is 57.0. The monoisotopic (exact) mass is 1090 g/mol. The van der Waals surface area contributed by atoms with Crippen LogP contribution in [-0.4, -0.2) is 93.0 Å². The van der Waals surface area contributed by atoms with Gasteiger partial charge >= 0.3 is 24.2 Å². The average molecular weight is 1100 g/mol. The molecule has 2 aliphatic heterocycles. The van der Waals surface area contributed by atoms with Crippen molar-refractivity contribution in [3.8, 4) is 5.75 Å². The summed E-state index contributed by atoms with van der Waals surface area (Å²) < 4.78 is 36.4. The van der Waals surface area contributed by atoms with Gasteiger partial charge in [-0.05, 0) is 144 Å². The van der Waals surface area contributed by atoms with E-state index in [2.05, 4.69) is 119 Å². The van der Waals surface area contributed by atoms with Crippen LogP contribution >= 0.6 is 0 Å². The second kappa shape index (κ2) is 29.2. The molecular weight excluding hydrogens is 1020 g/mol. The van der Waals surface area contributed by atoms with Gasteiger partial charge in [-0.25, -0.2) is 27.6 Å². The molecule has 0 bridgehead atoms. The Labute approximate surface area is 467 Å². The van der Waals surface area contributed by atoms with Crippen LogP contribution in [0.5, 0.6) is 5.75 Å². The summed E-state index contributed by atoms with van der Waals surface area (Å²) in [5.41, 5.74) is 13.1. The van der Waals surface area contributed by atoms with Crippen molar-refractivity contribution < 1.29 is 37.1 Å². The van der Waals surface area contributed by atoms with E-state index in [1.165, 1.54) is 37.7 Å². The van der Waals surface area contributed by atoms with Gasteiger partial charge in [0.05, 0.1) is 12.9 Å². The largest absolute Gasteiger partial charge is 0.497 e. The first-order chi connectivity index (χ1) is 37.8. The molecule has 6 N–H and O–H groups in total. The van der Waals surface area contributed by atoms with Crippen molar-refractivity contribution in [2.24, 2.45) is 0 Å². The molecule has 0 unspecified atom stereocenters. The van der Waals surface area contributed by atoms with Gasteiger partial charge in [0.1, 0.15) is 11.4 Å². The van der Waals surface area contributed by atoms with E-state index in [1.807, 2.05) is 82.3 Å². The van der Waals surface area contributed by atoms with E-state index in [-0.39, 0.29) is 29.9 Å². The molecule has 0 radical (unpaired) electrons. The van der Waals surface area contributed by atoms with Gasteiger partial charge in [0.25, 0.3) is 0 Å². The van der Waals surface area contributed by atoms with Gasteiger partial charge in [0.2, 0.25) is 10.0 Å². The number of aryl methyl sites for hydroxylation is 3. The standard InChI is InChI=1S/C24H31N3O3.C21H27N3O3S.C17H20N2O2/c1-17-8-10-18(11-9-17)12-14-25-22(28)26-21-7-5-6-19-16-27(15-13-20(19)21)23(29)30-24(2,3)4;1-3-28(26,27)24-14-12-19-18(15-24)5-4-6-20(19)23-21(25)22-13-11-17-9-7-16(2)8-10-17;1-13-6-8-14(9-7-13)10-11-18-17(20)19-15-4-3-5-16(12-15)21-2/h5-11H,12-16H2,1-4H3,(H2,25,26,28);4-10H,3,11-15H2,1-2H3,(H2,22,23,25);3-9,12H,10-11H2,1-2H3,(H2,18,19,20). The number of carbonyl (C=O) groups excluding carboxylic acids is 4. The molecule has 0 aliphatic carbocycles. The zero-order valence-electron chi connectivity index (χ0n) is 47.0. The van der Waals surface area contributed by atoms with E-state index >= 15 is 0 Å². The number of carbonyl (C=O) groups is 4. The summed E-state index contributed by atoms with van der Waals surface area (Å²) in [6.07, 6.45) is 3.32. The molecular formula is C62H78N8O8S. The van der Waals surface area contributed by atoms with E-state index < -0.39 is 15.6 Å². The molecule has 6 aromatic carbocycles. The van der Waals surface area contributed by atoms with Gasteiger partial charge in [-0.3, -0.25) is 0 Å². The highest BCUT2D eigenvalue weighted by Gasteiger charge is 2.28. The van der Waals surface area contributed by atoms with Crippen molar-refractivity contribution in [3.05, 3.63) is 189 Å². The lowest BCUT2D eigenvalue weighted by molar-refractivity contribution is 0.0224. The van der Waals surface area contributed by atoms with Crippen LogP contribution in [0.3, 0.4) is 0 Å². The van der Waals surface area contributed by atoms with Gasteiger partial charge < -0.3 is 46.3 Å². The number of ether oxygens (including phenoxy) is 2. The number of nitrogens with zero attached hydrogens (tertiary/aromatic N) is 2. The molecule has 16 nitrogen and oxygen atoms in total. The fourth-order valence-corrected chi connectivity index (χ4v) is 9.83. The van der Waals surface area contributed by atoms with Gasteiger partial charge in [-0.2, -0.15) is 4.31 Å². The minimum Gasteiger partial charge on any atom is -0.497 e. The minimum absolute atomic E-state index is 0.101. The molecule has 79 heavy (non-hydrogen) atoms. The third-order valence-corrected chi connectivity index (χ3v) is 15.0. The van der Waals surface area contributed by atoms with E-state index in [0.29, 0.717) is 70.1 Å². The number of fused-ring (bicyclic) bond motifs is 2. The lowest BCUT2D eigenvalue weighted by atomic mass is 9.98. The maximum atomic E-state index is 12.4. The summed E-state index contributed by atoms with van der Waals surface area (Å²) in [4.78, 5) is 50.5. The SMILES string of the molecule is CCS(=O)(=O)N1CCc2c(cccc2NC(=O)NCCc2ccc(C)cc2)C1.COc1cccc(NC(=O)NCCc2ccc(C)cc2)c1.Cc1ccc(CCNC(=O)Nc2cccc3c2CCN(C(=O)OC(C)(C)C)C3)cc1. The van der Waals surface area contributed by atoms with Crippen molar-refractivity contribution in [1.82, 2.24) is 25.2 Å². The summed E-state index contributed by atoms with van der Waals surface area (Å²) in [7, 11) is -1.61. The number of amides is 7. The van der Waals surface area contributed by atoms with Gasteiger partial charge in [0.15, 0.2) is 0 Å². The number of methoxy groups -OCH3 is 1. The van der Waals surface area contributed by atoms with Crippen LogP contribution in [0.2, 0.25) is 0 Å². The quantitative estimate of drug-likeness (QED) is 0.0583. The summed E-state index contributed by atoms with van der Waals surface area (Å²) in [6.45, 7) is 17.0. The third kappa shape index (κ3) is 19.8. The van der Waals surface area contributed by atoms with Crippen LogP contribution in [0, 0.1) is 20.8 Å². The van der Waals surface area contributed by atoms with E-state index in [9.17, 15) is 27.6 Å². The third-order valence-electron chi connectivity index (χ3n) is 13.2. The number of benzene rings is 6. The van der Waals surface area contributed by atoms with E-state index in [0.717, 1.165) is 52.9 Å². The Morgan fingerprint density at radius 1 is 0.557 bits per heavy atom. The second-order valence-corrected chi connectivity index (χ2v) is 22.9. The number of hydrogen-bond donors (Lipinski definition) is 6. The van der Waals surface area contributed by atoms with Gasteiger partial charge in [-0.15, -0.1) is 0 Å². The number of hydrogen-bond acceptors (Lipinski definition) is 8. The van der Waals surface area contributed by atoms with E-state index in [1.54, 1.807) is 25.0 Å². The molecule has 17 heteroatoms. The highest BCUT2D eigenvalue weighted by Crippen LogP contribution is 2.29. The predicted octanol–water partition coefficient (Wildman–Crippen LogP) is 11.1. The normalized spacial score (nSPS) is 12.8. The van der Waals surface area contributed by atoms with Crippen LogP contribution in [0.1, 0.15) is 83.3 Å². The van der Waals surface area contributed by atoms with Crippen LogP contribution in [0.15, 0.2) is 133 Å². The van der Waals surface area contributed by atoms with Crippen molar-refractivity contribution in [2.75, 3.05) is 61.5 Å². The maximum Gasteiger partial charge on any atom is 0.410 e. The molecule has 2 aliphatic rings. The number of nitrogens with one attached hydrogen (secondary N) is 6. The van der Waals surface area contributed by atoms with Crippen molar-refractivity contribution in [2.45, 2.75) is 99.3 Å². The van der Waals surface area contributed by atoms with E-state index in [4.69, 9.17) is 9.47 Å². The van der Waals surface area contributed by atoms with Crippen LogP contribution in [0.25, 0.3) is 0 Å².